The van der Waals surface area contributed by atoms with Gasteiger partial charge in [0.15, 0.2) is 5.76 Å². The third kappa shape index (κ3) is 3.65. The molecule has 3 rings (SSSR count). The van der Waals surface area contributed by atoms with Gasteiger partial charge in [-0.3, -0.25) is 10.2 Å². The highest BCUT2D eigenvalue weighted by atomic mass is 32.2. The van der Waals surface area contributed by atoms with E-state index < -0.39 is 15.9 Å². The van der Waals surface area contributed by atoms with Crippen LogP contribution < -0.4 is 15.2 Å². The van der Waals surface area contributed by atoms with E-state index in [0.717, 1.165) is 11.1 Å². The molecule has 0 radical (unpaired) electrons. The average Bonchev–Trinajstić information content (AvgIpc) is 3.03. The van der Waals surface area contributed by atoms with Crippen molar-refractivity contribution >= 4 is 32.6 Å². The first-order chi connectivity index (χ1) is 11.9. The van der Waals surface area contributed by atoms with E-state index in [2.05, 4.69) is 10.3 Å². The monoisotopic (exact) mass is 359 g/mol. The highest BCUT2D eigenvalue weighted by Gasteiger charge is 2.17. The maximum Gasteiger partial charge on any atom is 0.301 e. The number of hydrogen-bond donors (Lipinski definition) is 2. The van der Waals surface area contributed by atoms with E-state index >= 15 is 0 Å². The molecule has 0 aliphatic heterocycles. The van der Waals surface area contributed by atoms with Gasteiger partial charge in [-0.1, -0.05) is 18.2 Å². The van der Waals surface area contributed by atoms with E-state index in [1.54, 1.807) is 30.3 Å². The number of hydrazine groups is 1. The zero-order valence-corrected chi connectivity index (χ0v) is 14.5. The van der Waals surface area contributed by atoms with Crippen molar-refractivity contribution in [3.8, 4) is 0 Å². The molecule has 0 saturated carbocycles. The SMILES string of the molecule is CN(C)c1ccc2oc(C(=O)NNS(=O)(=O)c3ccccc3)cc2c1. The minimum Gasteiger partial charge on any atom is -0.451 e. The topological polar surface area (TPSA) is 91.7 Å². The zero-order valence-electron chi connectivity index (χ0n) is 13.7. The van der Waals surface area contributed by atoms with E-state index in [9.17, 15) is 13.2 Å². The van der Waals surface area contributed by atoms with Gasteiger partial charge in [-0.25, -0.2) is 8.42 Å². The largest absolute Gasteiger partial charge is 0.451 e. The van der Waals surface area contributed by atoms with Crippen LogP contribution in [0, 0.1) is 0 Å². The van der Waals surface area contributed by atoms with Crippen LogP contribution in [0.5, 0.6) is 0 Å². The van der Waals surface area contributed by atoms with Gasteiger partial charge in [-0.05, 0) is 36.4 Å². The van der Waals surface area contributed by atoms with Crippen LogP contribution in [-0.4, -0.2) is 28.4 Å². The van der Waals surface area contributed by atoms with Crippen molar-refractivity contribution in [3.05, 3.63) is 60.4 Å². The van der Waals surface area contributed by atoms with Crippen LogP contribution in [0.25, 0.3) is 11.0 Å². The lowest BCUT2D eigenvalue weighted by atomic mass is 10.2. The van der Waals surface area contributed by atoms with Gasteiger partial charge in [0, 0.05) is 25.2 Å². The molecule has 3 aromatic rings. The van der Waals surface area contributed by atoms with Crippen LogP contribution in [0.2, 0.25) is 0 Å². The van der Waals surface area contributed by atoms with Crippen molar-refractivity contribution in [2.75, 3.05) is 19.0 Å². The van der Waals surface area contributed by atoms with Crippen LogP contribution in [0.4, 0.5) is 5.69 Å². The molecule has 0 saturated heterocycles. The molecule has 0 spiro atoms. The molecule has 130 valence electrons. The number of furan rings is 1. The average molecular weight is 359 g/mol. The summed E-state index contributed by atoms with van der Waals surface area (Å²) in [6.07, 6.45) is 0. The van der Waals surface area contributed by atoms with Gasteiger partial charge in [0.1, 0.15) is 5.58 Å². The summed E-state index contributed by atoms with van der Waals surface area (Å²) in [7, 11) is -0.0217. The molecule has 1 aromatic heterocycles. The second-order valence-corrected chi connectivity index (χ2v) is 7.28. The van der Waals surface area contributed by atoms with Crippen LogP contribution in [0.3, 0.4) is 0 Å². The summed E-state index contributed by atoms with van der Waals surface area (Å²) >= 11 is 0. The maximum atomic E-state index is 12.2. The number of rotatable bonds is 5. The predicted octanol–water partition coefficient (Wildman–Crippen LogP) is 2.12. The first-order valence-corrected chi connectivity index (χ1v) is 8.93. The summed E-state index contributed by atoms with van der Waals surface area (Å²) in [4.78, 5) is 16.2. The number of carbonyl (C=O) groups is 1. The third-order valence-corrected chi connectivity index (χ3v) is 4.86. The molecule has 1 heterocycles. The Hall–Kier alpha value is -2.84. The van der Waals surface area contributed by atoms with Crippen LogP contribution in [-0.2, 0) is 10.0 Å². The first-order valence-electron chi connectivity index (χ1n) is 7.45. The molecular formula is C17H17N3O4S. The molecule has 0 fully saturated rings. The smallest absolute Gasteiger partial charge is 0.301 e. The summed E-state index contributed by atoms with van der Waals surface area (Å²) < 4.78 is 29.7. The minimum atomic E-state index is -3.84. The molecule has 0 unspecified atom stereocenters. The Morgan fingerprint density at radius 1 is 1.04 bits per heavy atom. The van der Waals surface area contributed by atoms with Gasteiger partial charge in [-0.2, -0.15) is 0 Å². The summed E-state index contributed by atoms with van der Waals surface area (Å²) in [6, 6.07) is 14.8. The molecule has 7 nitrogen and oxygen atoms in total. The Kier molecular flexibility index (Phi) is 4.47. The first kappa shape index (κ1) is 17.0. The number of fused-ring (bicyclic) bond motifs is 1. The summed E-state index contributed by atoms with van der Waals surface area (Å²) in [6.45, 7) is 0. The van der Waals surface area contributed by atoms with E-state index in [0.29, 0.717) is 5.58 Å². The van der Waals surface area contributed by atoms with Crippen molar-refractivity contribution in [1.29, 1.82) is 0 Å². The molecule has 0 aliphatic carbocycles. The van der Waals surface area contributed by atoms with Crippen LogP contribution in [0.15, 0.2) is 63.9 Å². The number of nitrogens with one attached hydrogen (secondary N) is 2. The van der Waals surface area contributed by atoms with Crippen LogP contribution in [0.1, 0.15) is 10.6 Å². The number of sulfonamides is 1. The highest BCUT2D eigenvalue weighted by molar-refractivity contribution is 7.89. The van der Waals surface area contributed by atoms with Gasteiger partial charge in [0.25, 0.3) is 10.0 Å². The second-order valence-electron chi connectivity index (χ2n) is 5.60. The Balaban J connectivity index is 1.76. The second kappa shape index (κ2) is 6.58. The molecule has 1 amide bonds. The lowest BCUT2D eigenvalue weighted by molar-refractivity contribution is 0.0919. The number of amides is 1. The van der Waals surface area contributed by atoms with Crippen molar-refractivity contribution in [3.63, 3.8) is 0 Å². The van der Waals surface area contributed by atoms with Crippen molar-refractivity contribution in [2.24, 2.45) is 0 Å². The Bertz CT molecular complexity index is 1010. The zero-order chi connectivity index (χ0) is 18.0. The fourth-order valence-electron chi connectivity index (χ4n) is 2.25. The lowest BCUT2D eigenvalue weighted by Crippen LogP contribution is -2.41. The predicted molar refractivity (Wildman–Crippen MR) is 94.8 cm³/mol. The van der Waals surface area contributed by atoms with Crippen molar-refractivity contribution < 1.29 is 17.6 Å². The Morgan fingerprint density at radius 2 is 1.76 bits per heavy atom. The minimum absolute atomic E-state index is 0.0154. The van der Waals surface area contributed by atoms with E-state index in [1.165, 1.54) is 12.1 Å². The summed E-state index contributed by atoms with van der Waals surface area (Å²) in [5.74, 6) is -0.663. The van der Waals surface area contributed by atoms with Crippen molar-refractivity contribution in [1.82, 2.24) is 10.3 Å². The number of nitrogens with zero attached hydrogens (tertiary/aromatic N) is 1. The maximum absolute atomic E-state index is 12.2. The quantitative estimate of drug-likeness (QED) is 0.681. The molecule has 25 heavy (non-hydrogen) atoms. The number of carbonyl (C=O) groups excluding carboxylic acids is 1. The Labute approximate surface area is 145 Å². The fourth-order valence-corrected chi connectivity index (χ4v) is 3.11. The molecule has 2 N–H and O–H groups in total. The van der Waals surface area contributed by atoms with Gasteiger partial charge >= 0.3 is 5.91 Å². The number of hydrogen-bond acceptors (Lipinski definition) is 5. The van der Waals surface area contributed by atoms with Gasteiger partial charge < -0.3 is 9.32 Å². The lowest BCUT2D eigenvalue weighted by Gasteiger charge is -2.11. The van der Waals surface area contributed by atoms with E-state index in [1.807, 2.05) is 31.1 Å². The molecule has 0 aliphatic rings. The summed E-state index contributed by atoms with van der Waals surface area (Å²) in [5.41, 5.74) is 3.66. The normalized spacial score (nSPS) is 11.4. The van der Waals surface area contributed by atoms with Gasteiger partial charge in [-0.15, -0.1) is 4.83 Å². The Morgan fingerprint density at radius 3 is 2.44 bits per heavy atom. The summed E-state index contributed by atoms with van der Waals surface area (Å²) in [5, 5.41) is 0.752. The molecule has 8 heteroatoms. The van der Waals surface area contributed by atoms with E-state index in [4.69, 9.17) is 4.42 Å². The van der Waals surface area contributed by atoms with Gasteiger partial charge in [0.2, 0.25) is 0 Å². The molecule has 2 aromatic carbocycles. The fraction of sp³-hybridized carbons (Fsp3) is 0.118. The van der Waals surface area contributed by atoms with Gasteiger partial charge in [0.05, 0.1) is 4.90 Å². The standard InChI is InChI=1S/C17H17N3O4S/c1-20(2)13-8-9-15-12(10-13)11-16(24-15)17(21)18-19-25(22,23)14-6-4-3-5-7-14/h3-11,19H,1-2H3,(H,18,21). The number of benzene rings is 2. The molecular weight excluding hydrogens is 342 g/mol. The number of anilines is 1. The van der Waals surface area contributed by atoms with E-state index in [-0.39, 0.29) is 10.7 Å². The molecule has 0 bridgehead atoms. The third-order valence-electron chi connectivity index (χ3n) is 3.59. The highest BCUT2D eigenvalue weighted by Crippen LogP contribution is 2.24. The van der Waals surface area contributed by atoms with Crippen LogP contribution >= 0.6 is 0 Å². The molecule has 0 atom stereocenters. The van der Waals surface area contributed by atoms with Crippen molar-refractivity contribution in [2.45, 2.75) is 4.90 Å².